The van der Waals surface area contributed by atoms with E-state index >= 15 is 0 Å². The van der Waals surface area contributed by atoms with Crippen LogP contribution in [0.2, 0.25) is 5.02 Å². The minimum absolute atomic E-state index is 0.119. The number of nitrogens with one attached hydrogen (secondary N) is 1. The van der Waals surface area contributed by atoms with Crippen LogP contribution in [0.3, 0.4) is 0 Å². The van der Waals surface area contributed by atoms with E-state index in [1.54, 1.807) is 24.3 Å². The van der Waals surface area contributed by atoms with Gasteiger partial charge in [0.2, 0.25) is 0 Å². The molecule has 3 rings (SSSR count). The number of carbonyl (C=O) groups is 1. The van der Waals surface area contributed by atoms with Gasteiger partial charge in [0.15, 0.2) is 13.4 Å². The number of benzene rings is 2. The van der Waals surface area contributed by atoms with Gasteiger partial charge < -0.3 is 19.5 Å². The fourth-order valence-corrected chi connectivity index (χ4v) is 2.72. The molecule has 5 nitrogen and oxygen atoms in total. The Labute approximate surface area is 149 Å². The summed E-state index contributed by atoms with van der Waals surface area (Å²) >= 11 is 5.85. The highest BCUT2D eigenvalue weighted by atomic mass is 35.5. The Morgan fingerprint density at radius 2 is 2.20 bits per heavy atom. The summed E-state index contributed by atoms with van der Waals surface area (Å²) in [6.45, 7) is 0.690. The fourth-order valence-electron chi connectivity index (χ4n) is 2.54. The van der Waals surface area contributed by atoms with Crippen molar-refractivity contribution >= 4 is 17.5 Å². The van der Waals surface area contributed by atoms with Crippen molar-refractivity contribution < 1.29 is 23.4 Å². The van der Waals surface area contributed by atoms with Gasteiger partial charge in [-0.05, 0) is 42.3 Å². The van der Waals surface area contributed by atoms with Gasteiger partial charge in [0, 0.05) is 17.1 Å². The number of hydrogen-bond acceptors (Lipinski definition) is 4. The molecular weight excluding hydrogens is 349 g/mol. The van der Waals surface area contributed by atoms with E-state index in [1.165, 1.54) is 12.1 Å². The molecular formula is C18H17ClFNO4. The SMILES string of the molecule is O=C(COc1cccc(Cl)c1)NCCc1cc(F)cc2c1OCOC2. The number of fused-ring (bicyclic) bond motifs is 1. The molecule has 0 aliphatic carbocycles. The second-order valence-electron chi connectivity index (χ2n) is 5.51. The molecule has 7 heteroatoms. The van der Waals surface area contributed by atoms with Crippen LogP contribution >= 0.6 is 11.6 Å². The van der Waals surface area contributed by atoms with Crippen LogP contribution in [0.5, 0.6) is 11.5 Å². The van der Waals surface area contributed by atoms with Crippen molar-refractivity contribution in [3.05, 3.63) is 58.4 Å². The number of rotatable bonds is 6. The number of carbonyl (C=O) groups excluding carboxylic acids is 1. The Morgan fingerprint density at radius 1 is 1.32 bits per heavy atom. The lowest BCUT2D eigenvalue weighted by atomic mass is 10.1. The zero-order valence-electron chi connectivity index (χ0n) is 13.4. The molecule has 1 heterocycles. The van der Waals surface area contributed by atoms with Crippen LogP contribution in [0, 0.1) is 5.82 Å². The van der Waals surface area contributed by atoms with Crippen LogP contribution in [0.15, 0.2) is 36.4 Å². The zero-order valence-corrected chi connectivity index (χ0v) is 14.1. The number of ether oxygens (including phenoxy) is 3. The van der Waals surface area contributed by atoms with Gasteiger partial charge in [-0.1, -0.05) is 17.7 Å². The molecule has 0 bridgehead atoms. The van der Waals surface area contributed by atoms with Crippen LogP contribution in [0.1, 0.15) is 11.1 Å². The molecule has 0 radical (unpaired) electrons. The standard InChI is InChI=1S/C18H17ClFNO4/c19-14-2-1-3-16(8-14)24-10-17(22)21-5-4-12-6-15(20)7-13-9-23-11-25-18(12)13/h1-3,6-8H,4-5,9-11H2,(H,21,22). The normalized spacial score (nSPS) is 12.9. The topological polar surface area (TPSA) is 56.8 Å². The molecule has 1 amide bonds. The fraction of sp³-hybridized carbons (Fsp3) is 0.278. The van der Waals surface area contributed by atoms with Crippen molar-refractivity contribution in [2.24, 2.45) is 0 Å². The molecule has 0 saturated heterocycles. The summed E-state index contributed by atoms with van der Waals surface area (Å²) in [4.78, 5) is 11.9. The van der Waals surface area contributed by atoms with E-state index in [0.717, 1.165) is 0 Å². The Kier molecular flexibility index (Phi) is 5.73. The molecule has 1 aliphatic rings. The van der Waals surface area contributed by atoms with Gasteiger partial charge in [-0.15, -0.1) is 0 Å². The summed E-state index contributed by atoms with van der Waals surface area (Å²) in [5, 5.41) is 3.28. The molecule has 0 atom stereocenters. The van der Waals surface area contributed by atoms with Crippen LogP contribution in [0.4, 0.5) is 4.39 Å². The van der Waals surface area contributed by atoms with E-state index in [2.05, 4.69) is 5.32 Å². The van der Waals surface area contributed by atoms with Gasteiger partial charge in [0.05, 0.1) is 6.61 Å². The Morgan fingerprint density at radius 3 is 3.04 bits per heavy atom. The van der Waals surface area contributed by atoms with Crippen molar-refractivity contribution in [2.45, 2.75) is 13.0 Å². The first-order valence-corrected chi connectivity index (χ1v) is 8.16. The second-order valence-corrected chi connectivity index (χ2v) is 5.95. The third-order valence-electron chi connectivity index (χ3n) is 3.63. The summed E-state index contributed by atoms with van der Waals surface area (Å²) < 4.78 is 29.6. The molecule has 0 unspecified atom stereocenters. The van der Waals surface area contributed by atoms with Crippen molar-refractivity contribution in [1.29, 1.82) is 0 Å². The first-order valence-electron chi connectivity index (χ1n) is 7.79. The van der Waals surface area contributed by atoms with Gasteiger partial charge in [-0.2, -0.15) is 0 Å². The summed E-state index contributed by atoms with van der Waals surface area (Å²) in [7, 11) is 0. The molecule has 25 heavy (non-hydrogen) atoms. The van der Waals surface area contributed by atoms with Crippen LogP contribution in [0.25, 0.3) is 0 Å². The highest BCUT2D eigenvalue weighted by Gasteiger charge is 2.17. The van der Waals surface area contributed by atoms with Gasteiger partial charge >= 0.3 is 0 Å². The van der Waals surface area contributed by atoms with Crippen LogP contribution in [-0.2, 0) is 22.6 Å². The third-order valence-corrected chi connectivity index (χ3v) is 3.87. The van der Waals surface area contributed by atoms with Gasteiger partial charge in [-0.25, -0.2) is 4.39 Å². The van der Waals surface area contributed by atoms with Crippen molar-refractivity contribution in [3.63, 3.8) is 0 Å². The smallest absolute Gasteiger partial charge is 0.257 e. The van der Waals surface area contributed by atoms with Gasteiger partial charge in [-0.3, -0.25) is 4.79 Å². The number of hydrogen-bond donors (Lipinski definition) is 1. The zero-order chi connectivity index (χ0) is 17.6. The maximum atomic E-state index is 13.7. The minimum Gasteiger partial charge on any atom is -0.484 e. The monoisotopic (exact) mass is 365 g/mol. The first-order chi connectivity index (χ1) is 12.1. The second kappa shape index (κ2) is 8.18. The molecule has 132 valence electrons. The first kappa shape index (κ1) is 17.5. The van der Waals surface area contributed by atoms with Crippen LogP contribution in [-0.4, -0.2) is 25.9 Å². The molecule has 0 saturated carbocycles. The summed E-state index contributed by atoms with van der Waals surface area (Å²) in [6.07, 6.45) is 0.447. The van der Waals surface area contributed by atoms with E-state index in [0.29, 0.717) is 47.2 Å². The Balaban J connectivity index is 1.49. The number of halogens is 2. The number of amides is 1. The maximum Gasteiger partial charge on any atom is 0.257 e. The highest BCUT2D eigenvalue weighted by molar-refractivity contribution is 6.30. The van der Waals surface area contributed by atoms with E-state index in [-0.39, 0.29) is 25.1 Å². The third kappa shape index (κ3) is 4.84. The van der Waals surface area contributed by atoms with Gasteiger partial charge in [0.25, 0.3) is 5.91 Å². The Hall–Kier alpha value is -2.31. The molecule has 2 aromatic carbocycles. The van der Waals surface area contributed by atoms with Crippen molar-refractivity contribution in [2.75, 3.05) is 19.9 Å². The van der Waals surface area contributed by atoms with E-state index in [9.17, 15) is 9.18 Å². The van der Waals surface area contributed by atoms with E-state index in [1.807, 2.05) is 0 Å². The lowest BCUT2D eigenvalue weighted by Crippen LogP contribution is -2.30. The largest absolute Gasteiger partial charge is 0.484 e. The lowest BCUT2D eigenvalue weighted by molar-refractivity contribution is -0.123. The maximum absolute atomic E-state index is 13.7. The summed E-state index contributed by atoms with van der Waals surface area (Å²) in [6, 6.07) is 9.63. The van der Waals surface area contributed by atoms with E-state index < -0.39 is 0 Å². The minimum atomic E-state index is -0.349. The van der Waals surface area contributed by atoms with Crippen LogP contribution < -0.4 is 14.8 Å². The average molecular weight is 366 g/mol. The summed E-state index contributed by atoms with van der Waals surface area (Å²) in [5.41, 5.74) is 1.38. The Bertz CT molecular complexity index is 769. The molecule has 2 aromatic rings. The average Bonchev–Trinajstić information content (AvgIpc) is 2.60. The molecule has 0 spiro atoms. The molecule has 1 aliphatic heterocycles. The predicted octanol–water partition coefficient (Wildman–Crippen LogP) is 3.08. The summed E-state index contributed by atoms with van der Waals surface area (Å²) in [5.74, 6) is 0.542. The quantitative estimate of drug-likeness (QED) is 0.854. The van der Waals surface area contributed by atoms with Crippen molar-refractivity contribution in [3.8, 4) is 11.5 Å². The van der Waals surface area contributed by atoms with Gasteiger partial charge in [0.1, 0.15) is 17.3 Å². The lowest BCUT2D eigenvalue weighted by Gasteiger charge is -2.21. The van der Waals surface area contributed by atoms with Crippen molar-refractivity contribution in [1.82, 2.24) is 5.32 Å². The molecule has 0 fully saturated rings. The predicted molar refractivity (Wildman–Crippen MR) is 90.3 cm³/mol. The molecule has 1 N–H and O–H groups in total. The highest BCUT2D eigenvalue weighted by Crippen LogP contribution is 2.29. The molecule has 0 aromatic heterocycles. The van der Waals surface area contributed by atoms with E-state index in [4.69, 9.17) is 25.8 Å².